The van der Waals surface area contributed by atoms with Crippen molar-refractivity contribution in [2.45, 2.75) is 95.9 Å². The molecule has 0 bridgehead atoms. The Morgan fingerprint density at radius 2 is 1.70 bits per heavy atom. The molecule has 0 unspecified atom stereocenters. The zero-order valence-corrected chi connectivity index (χ0v) is 27.2. The van der Waals surface area contributed by atoms with Crippen LogP contribution in [0.5, 0.6) is 0 Å². The Labute approximate surface area is 259 Å². The number of sulfone groups is 1. The Bertz CT molecular complexity index is 1130. The summed E-state index contributed by atoms with van der Waals surface area (Å²) >= 11 is 0. The summed E-state index contributed by atoms with van der Waals surface area (Å²) in [5.74, 6) is 0.388. The van der Waals surface area contributed by atoms with Gasteiger partial charge in [0.15, 0.2) is 9.84 Å². The molecule has 0 aliphatic heterocycles. The Kier molecular flexibility index (Phi) is 15.7. The lowest BCUT2D eigenvalue weighted by molar-refractivity contribution is -0.132. The van der Waals surface area contributed by atoms with E-state index < -0.39 is 51.9 Å². The number of aliphatic hydroxyl groups excluding tert-OH is 2. The van der Waals surface area contributed by atoms with Crippen LogP contribution in [0.4, 0.5) is 0 Å². The molecule has 1 fully saturated rings. The fraction of sp³-hybridized carbons (Fsp3) is 0.697. The van der Waals surface area contributed by atoms with E-state index >= 15 is 0 Å². The van der Waals surface area contributed by atoms with E-state index in [0.29, 0.717) is 25.3 Å². The molecule has 2 amide bonds. The van der Waals surface area contributed by atoms with Crippen molar-refractivity contribution < 1.29 is 28.2 Å². The quantitative estimate of drug-likeness (QED) is 0.186. The van der Waals surface area contributed by atoms with Gasteiger partial charge >= 0.3 is 0 Å². The highest BCUT2D eigenvalue weighted by Crippen LogP contribution is 2.29. The number of carbonyl (C=O) groups excluding carboxylic acids is 2. The van der Waals surface area contributed by atoms with Crippen LogP contribution in [0.2, 0.25) is 0 Å². The van der Waals surface area contributed by atoms with E-state index in [1.165, 1.54) is 0 Å². The van der Waals surface area contributed by atoms with E-state index in [2.05, 4.69) is 16.6 Å². The Hall–Kier alpha value is -2.45. The molecule has 5 atom stereocenters. The number of benzene rings is 1. The van der Waals surface area contributed by atoms with Gasteiger partial charge in [-0.25, -0.2) is 8.42 Å². The molecule has 1 saturated carbocycles. The number of hydrogen-bond acceptors (Lipinski definition) is 7. The van der Waals surface area contributed by atoms with Crippen molar-refractivity contribution in [3.8, 4) is 12.3 Å². The SMILES string of the molecule is C#CC[C@H](NC(=O)[C@H](Cc1ccccc1)CS(=O)(=O)CCN(C)C)C(=O)N[C@@H](CC1CCCCC1)[C@@H](O)[C@@H](O)CC(C)C. The molecule has 1 aromatic carbocycles. The third kappa shape index (κ3) is 13.8. The molecule has 1 aliphatic carbocycles. The fourth-order valence-corrected chi connectivity index (χ4v) is 7.39. The van der Waals surface area contributed by atoms with Crippen LogP contribution in [-0.4, -0.2) is 91.8 Å². The molecule has 0 spiro atoms. The standard InChI is InChI=1S/C33H53N3O6S/c1-6-13-28(33(40)35-29(22-26-16-11-8-12-17-26)31(38)30(37)20-24(2)3)34-32(39)27(21-25-14-9-7-10-15-25)23-43(41,42)19-18-36(4)5/h1,7,9-10,14-15,24,26-31,37-38H,8,11-13,16-23H2,2-5H3,(H,34,39)(H,35,40)/t27-,28+,29+,30+,31-/m1/s1. The molecule has 0 aromatic heterocycles. The van der Waals surface area contributed by atoms with Gasteiger partial charge in [-0.15, -0.1) is 12.3 Å². The predicted molar refractivity (Wildman–Crippen MR) is 171 cm³/mol. The summed E-state index contributed by atoms with van der Waals surface area (Å²) in [6.45, 7) is 4.24. The smallest absolute Gasteiger partial charge is 0.243 e. The molecule has 1 aliphatic rings. The maximum Gasteiger partial charge on any atom is 0.243 e. The monoisotopic (exact) mass is 619 g/mol. The summed E-state index contributed by atoms with van der Waals surface area (Å²) in [5.41, 5.74) is 0.804. The third-order valence-corrected chi connectivity index (χ3v) is 9.83. The number of hydrogen-bond donors (Lipinski definition) is 4. The molecule has 43 heavy (non-hydrogen) atoms. The number of aliphatic hydroxyl groups is 2. The van der Waals surface area contributed by atoms with E-state index in [0.717, 1.165) is 37.7 Å². The first-order valence-corrected chi connectivity index (χ1v) is 17.4. The van der Waals surface area contributed by atoms with Gasteiger partial charge in [0, 0.05) is 13.0 Å². The number of rotatable bonds is 18. The van der Waals surface area contributed by atoms with Crippen LogP contribution in [0.1, 0.15) is 70.8 Å². The molecule has 2 rings (SSSR count). The zero-order valence-electron chi connectivity index (χ0n) is 26.4. The number of nitrogens with zero attached hydrogens (tertiary/aromatic N) is 1. The lowest BCUT2D eigenvalue weighted by atomic mass is 9.82. The Morgan fingerprint density at radius 1 is 1.05 bits per heavy atom. The van der Waals surface area contributed by atoms with Crippen molar-refractivity contribution >= 4 is 21.7 Å². The maximum atomic E-state index is 13.6. The zero-order chi connectivity index (χ0) is 32.0. The van der Waals surface area contributed by atoms with Crippen LogP contribution >= 0.6 is 0 Å². The summed E-state index contributed by atoms with van der Waals surface area (Å²) in [5, 5.41) is 27.4. The van der Waals surface area contributed by atoms with Crippen LogP contribution in [0.3, 0.4) is 0 Å². The summed E-state index contributed by atoms with van der Waals surface area (Å²) in [6, 6.07) is 7.32. The number of terminal acetylenes is 1. The van der Waals surface area contributed by atoms with Crippen LogP contribution in [0.15, 0.2) is 30.3 Å². The van der Waals surface area contributed by atoms with Gasteiger partial charge in [-0.05, 0) is 50.8 Å². The molecule has 10 heteroatoms. The highest BCUT2D eigenvalue weighted by atomic mass is 32.2. The summed E-state index contributed by atoms with van der Waals surface area (Å²) in [6.07, 6.45) is 9.69. The Balaban J connectivity index is 2.24. The molecule has 0 saturated heterocycles. The van der Waals surface area contributed by atoms with E-state index in [-0.39, 0.29) is 30.3 Å². The second-order valence-electron chi connectivity index (χ2n) is 12.8. The highest BCUT2D eigenvalue weighted by Gasteiger charge is 2.34. The number of amides is 2. The van der Waals surface area contributed by atoms with Gasteiger partial charge in [0.1, 0.15) is 12.1 Å². The lowest BCUT2D eigenvalue weighted by Crippen LogP contribution is -2.56. The first kappa shape index (κ1) is 36.7. The van der Waals surface area contributed by atoms with Gasteiger partial charge < -0.3 is 25.7 Å². The third-order valence-electron chi connectivity index (χ3n) is 8.11. The predicted octanol–water partition coefficient (Wildman–Crippen LogP) is 2.55. The van der Waals surface area contributed by atoms with Crippen LogP contribution in [0, 0.1) is 30.1 Å². The van der Waals surface area contributed by atoms with Gasteiger partial charge in [0.25, 0.3) is 0 Å². The molecule has 242 valence electrons. The minimum atomic E-state index is -3.58. The Morgan fingerprint density at radius 3 is 2.28 bits per heavy atom. The van der Waals surface area contributed by atoms with Crippen molar-refractivity contribution in [1.82, 2.24) is 15.5 Å². The topological polar surface area (TPSA) is 136 Å². The second-order valence-corrected chi connectivity index (χ2v) is 15.0. The van der Waals surface area contributed by atoms with Crippen molar-refractivity contribution in [2.24, 2.45) is 17.8 Å². The lowest BCUT2D eigenvalue weighted by Gasteiger charge is -2.33. The summed E-state index contributed by atoms with van der Waals surface area (Å²) in [4.78, 5) is 28.9. The number of nitrogens with one attached hydrogen (secondary N) is 2. The van der Waals surface area contributed by atoms with Crippen molar-refractivity contribution in [1.29, 1.82) is 0 Å². The van der Waals surface area contributed by atoms with Gasteiger partial charge in [0.2, 0.25) is 11.8 Å². The normalized spacial score (nSPS) is 17.9. The van der Waals surface area contributed by atoms with E-state index in [1.807, 2.05) is 44.2 Å². The number of carbonyl (C=O) groups is 2. The van der Waals surface area contributed by atoms with E-state index in [1.54, 1.807) is 19.0 Å². The average Bonchev–Trinajstić information content (AvgIpc) is 2.95. The van der Waals surface area contributed by atoms with Crippen LogP contribution in [-0.2, 0) is 25.8 Å². The minimum Gasteiger partial charge on any atom is -0.390 e. The molecule has 0 heterocycles. The van der Waals surface area contributed by atoms with Gasteiger partial charge in [-0.3, -0.25) is 9.59 Å². The molecule has 0 radical (unpaired) electrons. The van der Waals surface area contributed by atoms with Gasteiger partial charge in [0.05, 0.1) is 29.6 Å². The molecular formula is C33H53N3O6S. The molecular weight excluding hydrogens is 566 g/mol. The van der Waals surface area contributed by atoms with Crippen molar-refractivity contribution in [3.05, 3.63) is 35.9 Å². The van der Waals surface area contributed by atoms with Gasteiger partial charge in [-0.2, -0.15) is 0 Å². The average molecular weight is 620 g/mol. The molecule has 4 N–H and O–H groups in total. The fourth-order valence-electron chi connectivity index (χ4n) is 5.69. The largest absolute Gasteiger partial charge is 0.390 e. The van der Waals surface area contributed by atoms with Crippen LogP contribution in [0.25, 0.3) is 0 Å². The first-order chi connectivity index (χ1) is 20.3. The van der Waals surface area contributed by atoms with Crippen LogP contribution < -0.4 is 10.6 Å². The maximum absolute atomic E-state index is 13.6. The van der Waals surface area contributed by atoms with Crippen molar-refractivity contribution in [3.63, 3.8) is 0 Å². The van der Waals surface area contributed by atoms with Crippen molar-refractivity contribution in [2.75, 3.05) is 32.1 Å². The second kappa shape index (κ2) is 18.4. The molecule has 1 aromatic rings. The highest BCUT2D eigenvalue weighted by molar-refractivity contribution is 7.91. The van der Waals surface area contributed by atoms with Gasteiger partial charge in [-0.1, -0.05) is 76.3 Å². The summed E-state index contributed by atoms with van der Waals surface area (Å²) < 4.78 is 25.9. The van der Waals surface area contributed by atoms with E-state index in [9.17, 15) is 28.2 Å². The minimum absolute atomic E-state index is 0.0910. The summed E-state index contributed by atoms with van der Waals surface area (Å²) in [7, 11) is -0.0103. The first-order valence-electron chi connectivity index (χ1n) is 15.6. The van der Waals surface area contributed by atoms with E-state index in [4.69, 9.17) is 6.42 Å². The molecule has 9 nitrogen and oxygen atoms in total.